The lowest BCUT2D eigenvalue weighted by atomic mass is 10.1. The van der Waals surface area contributed by atoms with Crippen molar-refractivity contribution in [1.29, 1.82) is 0 Å². The first kappa shape index (κ1) is 12.4. The molecule has 0 fully saturated rings. The molecule has 0 spiro atoms. The number of nitrogens with one attached hydrogen (secondary N) is 2. The topological polar surface area (TPSA) is 46.2 Å². The molecule has 0 saturated heterocycles. The van der Waals surface area contributed by atoms with Crippen molar-refractivity contribution in [2.75, 3.05) is 18.5 Å². The number of para-hydroxylation sites is 1. The Morgan fingerprint density at radius 2 is 2.37 bits per heavy atom. The van der Waals surface area contributed by atoms with Gasteiger partial charge in [-0.2, -0.15) is 0 Å². The van der Waals surface area contributed by atoms with Gasteiger partial charge in [0.1, 0.15) is 17.4 Å². The van der Waals surface area contributed by atoms with Crippen molar-refractivity contribution in [2.24, 2.45) is 0 Å². The van der Waals surface area contributed by atoms with Crippen LogP contribution in [0.25, 0.3) is 0 Å². The van der Waals surface area contributed by atoms with E-state index in [1.165, 1.54) is 5.56 Å². The quantitative estimate of drug-likeness (QED) is 0.900. The minimum absolute atomic E-state index is 0.732. The molecule has 5 heteroatoms. The normalized spacial score (nSPS) is 13.5. The largest absolute Gasteiger partial charge is 0.489 e. The number of fused-ring (bicyclic) bond motifs is 1. The molecule has 0 atom stereocenters. The maximum Gasteiger partial charge on any atom is 0.146 e. The van der Waals surface area contributed by atoms with E-state index in [0.717, 1.165) is 48.4 Å². The summed E-state index contributed by atoms with van der Waals surface area (Å²) in [6.45, 7) is 5.23. The maximum atomic E-state index is 5.75. The molecule has 0 amide bonds. The van der Waals surface area contributed by atoms with E-state index in [2.05, 4.69) is 39.2 Å². The fourth-order valence-electron chi connectivity index (χ4n) is 2.16. The lowest BCUT2D eigenvalue weighted by molar-refractivity contribution is 0.319. The number of aryl methyl sites for hydroxylation is 1. The Morgan fingerprint density at radius 1 is 1.42 bits per heavy atom. The summed E-state index contributed by atoms with van der Waals surface area (Å²) < 4.78 is 5.75. The van der Waals surface area contributed by atoms with Gasteiger partial charge in [-0.25, -0.2) is 4.98 Å². The zero-order chi connectivity index (χ0) is 13.1. The second-order valence-corrected chi connectivity index (χ2v) is 5.50. The fraction of sp³-hybridized carbons (Fsp3) is 0.357. The number of benzene rings is 1. The molecule has 1 aliphatic heterocycles. The molecule has 3 rings (SSSR count). The van der Waals surface area contributed by atoms with Gasteiger partial charge >= 0.3 is 0 Å². The molecule has 0 saturated carbocycles. The molecule has 1 aromatic carbocycles. The molecule has 100 valence electrons. The Bertz CT molecular complexity index is 568. The summed E-state index contributed by atoms with van der Waals surface area (Å²) in [5.74, 6) is 0.983. The maximum absolute atomic E-state index is 5.75. The van der Waals surface area contributed by atoms with Gasteiger partial charge in [0, 0.05) is 36.3 Å². The van der Waals surface area contributed by atoms with Crippen molar-refractivity contribution >= 4 is 17.0 Å². The smallest absolute Gasteiger partial charge is 0.146 e. The van der Waals surface area contributed by atoms with Crippen LogP contribution in [-0.4, -0.2) is 18.1 Å². The Balaban J connectivity index is 1.64. The molecule has 19 heavy (non-hydrogen) atoms. The van der Waals surface area contributed by atoms with Crippen LogP contribution in [0.15, 0.2) is 23.6 Å². The molecule has 2 N–H and O–H groups in total. The Hall–Kier alpha value is -1.59. The molecule has 2 aromatic rings. The minimum Gasteiger partial charge on any atom is -0.489 e. The van der Waals surface area contributed by atoms with E-state index < -0.39 is 0 Å². The number of hydrogen-bond acceptors (Lipinski definition) is 5. The molecule has 1 aliphatic rings. The number of hydrogen-bond donors (Lipinski definition) is 2. The average molecular weight is 275 g/mol. The third-order valence-electron chi connectivity index (χ3n) is 3.02. The highest BCUT2D eigenvalue weighted by Crippen LogP contribution is 2.31. The Labute approximate surface area is 116 Å². The summed E-state index contributed by atoms with van der Waals surface area (Å²) in [5, 5.41) is 9.98. The van der Waals surface area contributed by atoms with Crippen molar-refractivity contribution in [3.63, 3.8) is 0 Å². The first-order chi connectivity index (χ1) is 9.33. The highest BCUT2D eigenvalue weighted by atomic mass is 32.1. The zero-order valence-electron chi connectivity index (χ0n) is 10.9. The number of nitrogens with zero attached hydrogens (tertiary/aromatic N) is 1. The number of thiazole rings is 1. The lowest BCUT2D eigenvalue weighted by Crippen LogP contribution is -2.20. The van der Waals surface area contributed by atoms with Crippen LogP contribution in [0, 0.1) is 6.92 Å². The lowest BCUT2D eigenvalue weighted by Gasteiger charge is -2.21. The second-order valence-electron chi connectivity index (χ2n) is 4.56. The molecule has 0 unspecified atom stereocenters. The number of ether oxygens (including phenoxy) is 1. The SMILES string of the molecule is Cc1csc(CNCc2cccc3c2OCCN3)n1. The van der Waals surface area contributed by atoms with E-state index in [9.17, 15) is 0 Å². The first-order valence-electron chi connectivity index (χ1n) is 6.43. The van der Waals surface area contributed by atoms with Gasteiger partial charge in [0.25, 0.3) is 0 Å². The number of rotatable bonds is 4. The Kier molecular flexibility index (Phi) is 3.66. The van der Waals surface area contributed by atoms with Crippen LogP contribution >= 0.6 is 11.3 Å². The van der Waals surface area contributed by atoms with Gasteiger partial charge in [0.05, 0.1) is 5.69 Å². The van der Waals surface area contributed by atoms with Gasteiger partial charge in [-0.05, 0) is 13.0 Å². The molecule has 4 nitrogen and oxygen atoms in total. The van der Waals surface area contributed by atoms with Gasteiger partial charge in [-0.15, -0.1) is 11.3 Å². The molecule has 0 bridgehead atoms. The van der Waals surface area contributed by atoms with Gasteiger partial charge in [0.15, 0.2) is 0 Å². The summed E-state index contributed by atoms with van der Waals surface area (Å²) in [6, 6.07) is 6.22. The van der Waals surface area contributed by atoms with Crippen molar-refractivity contribution in [2.45, 2.75) is 20.0 Å². The third kappa shape index (κ3) is 2.88. The molecular formula is C14H17N3OS. The Morgan fingerprint density at radius 3 is 3.21 bits per heavy atom. The summed E-state index contributed by atoms with van der Waals surface area (Å²) in [5.41, 5.74) is 3.38. The molecule has 1 aromatic heterocycles. The summed E-state index contributed by atoms with van der Waals surface area (Å²) in [6.07, 6.45) is 0. The van der Waals surface area contributed by atoms with E-state index >= 15 is 0 Å². The van der Waals surface area contributed by atoms with Crippen molar-refractivity contribution < 1.29 is 4.74 Å². The van der Waals surface area contributed by atoms with Crippen molar-refractivity contribution in [3.8, 4) is 5.75 Å². The van der Waals surface area contributed by atoms with Gasteiger partial charge in [-0.3, -0.25) is 0 Å². The highest BCUT2D eigenvalue weighted by Gasteiger charge is 2.13. The fourth-order valence-corrected chi connectivity index (χ4v) is 2.90. The summed E-state index contributed by atoms with van der Waals surface area (Å²) >= 11 is 1.70. The predicted molar refractivity (Wildman–Crippen MR) is 77.8 cm³/mol. The van der Waals surface area contributed by atoms with Crippen LogP contribution in [0.3, 0.4) is 0 Å². The van der Waals surface area contributed by atoms with E-state index in [-0.39, 0.29) is 0 Å². The highest BCUT2D eigenvalue weighted by molar-refractivity contribution is 7.09. The summed E-state index contributed by atoms with van der Waals surface area (Å²) in [4.78, 5) is 4.44. The minimum atomic E-state index is 0.732. The second kappa shape index (κ2) is 5.59. The number of anilines is 1. The zero-order valence-corrected chi connectivity index (χ0v) is 11.7. The number of aromatic nitrogens is 1. The van der Waals surface area contributed by atoms with Crippen LogP contribution in [0.2, 0.25) is 0 Å². The van der Waals surface area contributed by atoms with E-state index in [1.807, 2.05) is 6.92 Å². The van der Waals surface area contributed by atoms with E-state index in [1.54, 1.807) is 11.3 Å². The van der Waals surface area contributed by atoms with Crippen LogP contribution < -0.4 is 15.4 Å². The van der Waals surface area contributed by atoms with Crippen LogP contribution in [0.1, 0.15) is 16.3 Å². The third-order valence-corrected chi connectivity index (χ3v) is 3.99. The molecular weight excluding hydrogens is 258 g/mol. The van der Waals surface area contributed by atoms with Gasteiger partial charge in [0.2, 0.25) is 0 Å². The molecule has 0 aliphatic carbocycles. The van der Waals surface area contributed by atoms with E-state index in [0.29, 0.717) is 0 Å². The average Bonchev–Trinajstić information content (AvgIpc) is 2.85. The standard InChI is InChI=1S/C14H17N3OS/c1-10-9-19-13(17-10)8-15-7-11-3-2-4-12-14(11)18-6-5-16-12/h2-4,9,15-16H,5-8H2,1H3. The van der Waals surface area contributed by atoms with E-state index in [4.69, 9.17) is 4.74 Å². The molecule has 2 heterocycles. The van der Waals surface area contributed by atoms with Crippen molar-refractivity contribution in [3.05, 3.63) is 39.8 Å². The van der Waals surface area contributed by atoms with Gasteiger partial charge in [-0.1, -0.05) is 12.1 Å². The van der Waals surface area contributed by atoms with Crippen molar-refractivity contribution in [1.82, 2.24) is 10.3 Å². The van der Waals surface area contributed by atoms with Gasteiger partial charge < -0.3 is 15.4 Å². The van der Waals surface area contributed by atoms with Crippen LogP contribution in [0.5, 0.6) is 5.75 Å². The molecule has 0 radical (unpaired) electrons. The monoisotopic (exact) mass is 275 g/mol. The van der Waals surface area contributed by atoms with Crippen LogP contribution in [0.4, 0.5) is 5.69 Å². The van der Waals surface area contributed by atoms with Crippen LogP contribution in [-0.2, 0) is 13.1 Å². The first-order valence-corrected chi connectivity index (χ1v) is 7.31. The summed E-state index contributed by atoms with van der Waals surface area (Å²) in [7, 11) is 0. The predicted octanol–water partition coefficient (Wildman–Crippen LogP) is 2.55.